The van der Waals surface area contributed by atoms with Crippen molar-refractivity contribution < 1.29 is 14.3 Å². The fourth-order valence-electron chi connectivity index (χ4n) is 2.95. The number of rotatable bonds is 3. The second-order valence-corrected chi connectivity index (χ2v) is 7.41. The minimum atomic E-state index is -0.376. The summed E-state index contributed by atoms with van der Waals surface area (Å²) in [6.07, 6.45) is 2.86. The Balaban J connectivity index is 1.67. The highest BCUT2D eigenvalue weighted by Crippen LogP contribution is 2.39. The molecule has 1 amide bonds. The van der Waals surface area contributed by atoms with Gasteiger partial charge in [-0.3, -0.25) is 15.6 Å². The van der Waals surface area contributed by atoms with Gasteiger partial charge < -0.3 is 10.1 Å². The Morgan fingerprint density at radius 2 is 1.96 bits per heavy atom. The zero-order chi connectivity index (χ0) is 18.7. The molecule has 2 aromatic rings. The molecule has 0 saturated heterocycles. The first-order chi connectivity index (χ1) is 12.5. The predicted molar refractivity (Wildman–Crippen MR) is 106 cm³/mol. The van der Waals surface area contributed by atoms with Crippen molar-refractivity contribution in [1.29, 1.82) is 0 Å². The molecule has 0 radical (unpaired) electrons. The van der Waals surface area contributed by atoms with Crippen molar-refractivity contribution >= 4 is 45.5 Å². The lowest BCUT2D eigenvalue weighted by Gasteiger charge is -2.12. The maximum atomic E-state index is 12.2. The Hall–Kier alpha value is -2.45. The summed E-state index contributed by atoms with van der Waals surface area (Å²) in [6, 6.07) is 7.27. The fourth-order valence-corrected chi connectivity index (χ4v) is 4.45. The van der Waals surface area contributed by atoms with Crippen molar-refractivity contribution in [2.45, 2.75) is 26.2 Å². The molecule has 8 heteroatoms. The number of nitrogens with one attached hydrogen (secondary N) is 3. The number of aryl methyl sites for hydroxylation is 2. The first-order valence-corrected chi connectivity index (χ1v) is 9.39. The lowest BCUT2D eigenvalue weighted by molar-refractivity contribution is 0.0601. The number of benzene rings is 1. The summed E-state index contributed by atoms with van der Waals surface area (Å²) in [7, 11) is 1.37. The lowest BCUT2D eigenvalue weighted by Crippen LogP contribution is -2.44. The third kappa shape index (κ3) is 3.71. The van der Waals surface area contributed by atoms with E-state index >= 15 is 0 Å². The van der Waals surface area contributed by atoms with Crippen molar-refractivity contribution in [3.63, 3.8) is 0 Å². The number of carbonyl (C=O) groups excluding carboxylic acids is 2. The van der Waals surface area contributed by atoms with Gasteiger partial charge in [-0.25, -0.2) is 4.79 Å². The van der Waals surface area contributed by atoms with Gasteiger partial charge in [0.05, 0.1) is 12.7 Å². The van der Waals surface area contributed by atoms with E-state index in [4.69, 9.17) is 17.0 Å². The number of amides is 1. The van der Waals surface area contributed by atoms with Crippen LogP contribution >= 0.6 is 23.6 Å². The third-order valence-corrected chi connectivity index (χ3v) is 5.63. The normalized spacial score (nSPS) is 12.2. The number of thiophene rings is 1. The first kappa shape index (κ1) is 18.3. The summed E-state index contributed by atoms with van der Waals surface area (Å²) in [5, 5.41) is 3.85. The summed E-state index contributed by atoms with van der Waals surface area (Å²) in [6.45, 7) is 1.86. The van der Waals surface area contributed by atoms with Crippen molar-refractivity contribution in [3.8, 4) is 0 Å². The zero-order valence-corrected chi connectivity index (χ0v) is 16.1. The van der Waals surface area contributed by atoms with Crippen LogP contribution in [0, 0.1) is 6.92 Å². The quantitative estimate of drug-likeness (QED) is 0.426. The molecular weight excluding hydrogens is 370 g/mol. The summed E-state index contributed by atoms with van der Waals surface area (Å²) < 4.78 is 4.91. The number of methoxy groups -OCH3 is 1. The molecule has 1 heterocycles. The van der Waals surface area contributed by atoms with Crippen LogP contribution in [0.25, 0.3) is 0 Å². The first-order valence-electron chi connectivity index (χ1n) is 8.17. The second kappa shape index (κ2) is 7.84. The molecule has 3 rings (SSSR count). The van der Waals surface area contributed by atoms with E-state index in [-0.39, 0.29) is 17.0 Å². The van der Waals surface area contributed by atoms with Gasteiger partial charge in [-0.15, -0.1) is 11.3 Å². The minimum absolute atomic E-state index is 0.206. The van der Waals surface area contributed by atoms with Crippen molar-refractivity contribution in [1.82, 2.24) is 10.9 Å². The van der Waals surface area contributed by atoms with Gasteiger partial charge in [-0.2, -0.15) is 0 Å². The molecule has 26 heavy (non-hydrogen) atoms. The predicted octanol–water partition coefficient (Wildman–Crippen LogP) is 2.96. The van der Waals surface area contributed by atoms with Gasteiger partial charge in [0.15, 0.2) is 5.11 Å². The molecule has 1 aliphatic carbocycles. The molecule has 3 N–H and O–H groups in total. The van der Waals surface area contributed by atoms with E-state index in [0.29, 0.717) is 16.1 Å². The summed E-state index contributed by atoms with van der Waals surface area (Å²) >= 11 is 6.75. The van der Waals surface area contributed by atoms with E-state index in [1.807, 2.05) is 19.1 Å². The number of carbonyl (C=O) groups is 2. The third-order valence-electron chi connectivity index (χ3n) is 4.22. The number of anilines is 1. The van der Waals surface area contributed by atoms with Crippen LogP contribution in [0.15, 0.2) is 24.3 Å². The highest BCUT2D eigenvalue weighted by molar-refractivity contribution is 7.80. The number of esters is 1. The highest BCUT2D eigenvalue weighted by atomic mass is 32.1. The minimum Gasteiger partial charge on any atom is -0.465 e. The Labute approximate surface area is 160 Å². The second-order valence-electron chi connectivity index (χ2n) is 5.90. The molecule has 136 valence electrons. The summed E-state index contributed by atoms with van der Waals surface area (Å²) in [5.41, 5.74) is 8.26. The summed E-state index contributed by atoms with van der Waals surface area (Å²) in [4.78, 5) is 25.5. The van der Waals surface area contributed by atoms with Crippen LogP contribution in [0.5, 0.6) is 0 Å². The van der Waals surface area contributed by atoms with E-state index in [9.17, 15) is 9.59 Å². The van der Waals surface area contributed by atoms with Gasteiger partial charge in [-0.1, -0.05) is 18.2 Å². The Morgan fingerprint density at radius 1 is 1.19 bits per heavy atom. The smallest absolute Gasteiger partial charge is 0.341 e. The monoisotopic (exact) mass is 389 g/mol. The number of hydrogen-bond donors (Lipinski definition) is 3. The van der Waals surface area contributed by atoms with Gasteiger partial charge in [0.2, 0.25) is 0 Å². The summed E-state index contributed by atoms with van der Waals surface area (Å²) in [5.74, 6) is -0.659. The van der Waals surface area contributed by atoms with Crippen LogP contribution in [-0.4, -0.2) is 24.1 Å². The van der Waals surface area contributed by atoms with Gasteiger partial charge in [-0.05, 0) is 55.6 Å². The van der Waals surface area contributed by atoms with Gasteiger partial charge in [0, 0.05) is 10.4 Å². The molecule has 0 fully saturated rings. The van der Waals surface area contributed by atoms with Crippen LogP contribution < -0.4 is 16.2 Å². The lowest BCUT2D eigenvalue weighted by atomic mass is 10.1. The molecule has 0 bridgehead atoms. The molecular formula is C18H19N3O3S2. The number of fused-ring (bicyclic) bond motifs is 1. The molecule has 0 spiro atoms. The van der Waals surface area contributed by atoms with Gasteiger partial charge in [0.1, 0.15) is 5.00 Å². The number of ether oxygens (including phenoxy) is 1. The fraction of sp³-hybridized carbons (Fsp3) is 0.278. The maximum Gasteiger partial charge on any atom is 0.341 e. The van der Waals surface area contributed by atoms with E-state index in [2.05, 4.69) is 16.2 Å². The van der Waals surface area contributed by atoms with E-state index in [1.54, 1.807) is 12.1 Å². The SMILES string of the molecule is COC(=O)c1c(NC(=S)NNC(=O)c2ccccc2C)sc2c1CCC2. The Bertz CT molecular complexity index is 877. The van der Waals surface area contributed by atoms with Crippen molar-refractivity contribution in [3.05, 3.63) is 51.4 Å². The Morgan fingerprint density at radius 3 is 2.69 bits per heavy atom. The average molecular weight is 390 g/mol. The number of hydrazine groups is 1. The molecule has 0 saturated carbocycles. The molecule has 1 aromatic carbocycles. The standard InChI is InChI=1S/C18H19N3O3S2/c1-10-6-3-4-7-11(10)15(22)20-21-18(25)19-16-14(17(23)24-2)12-8-5-9-13(12)26-16/h3-4,6-7H,5,8-9H2,1-2H3,(H,20,22)(H2,19,21,25). The van der Waals surface area contributed by atoms with Crippen LogP contribution in [0.4, 0.5) is 5.00 Å². The average Bonchev–Trinajstić information content (AvgIpc) is 3.20. The number of hydrogen-bond acceptors (Lipinski definition) is 5. The van der Waals surface area contributed by atoms with E-state index in [1.165, 1.54) is 23.3 Å². The molecule has 0 aliphatic heterocycles. The largest absolute Gasteiger partial charge is 0.465 e. The van der Waals surface area contributed by atoms with Crippen LogP contribution in [-0.2, 0) is 17.6 Å². The van der Waals surface area contributed by atoms with Crippen LogP contribution in [0.3, 0.4) is 0 Å². The highest BCUT2D eigenvalue weighted by Gasteiger charge is 2.27. The molecule has 1 aromatic heterocycles. The van der Waals surface area contributed by atoms with Crippen molar-refractivity contribution in [2.24, 2.45) is 0 Å². The molecule has 0 atom stereocenters. The number of thiocarbonyl (C=S) groups is 1. The molecule has 6 nitrogen and oxygen atoms in total. The maximum absolute atomic E-state index is 12.2. The van der Waals surface area contributed by atoms with Gasteiger partial charge in [0.25, 0.3) is 5.91 Å². The van der Waals surface area contributed by atoms with E-state index < -0.39 is 0 Å². The van der Waals surface area contributed by atoms with Gasteiger partial charge >= 0.3 is 5.97 Å². The van der Waals surface area contributed by atoms with E-state index in [0.717, 1.165) is 30.4 Å². The van der Waals surface area contributed by atoms with Crippen LogP contribution in [0.1, 0.15) is 43.1 Å². The molecule has 1 aliphatic rings. The van der Waals surface area contributed by atoms with Crippen LogP contribution in [0.2, 0.25) is 0 Å². The zero-order valence-electron chi connectivity index (χ0n) is 14.5. The Kier molecular flexibility index (Phi) is 5.53. The topological polar surface area (TPSA) is 79.5 Å². The van der Waals surface area contributed by atoms with Crippen molar-refractivity contribution in [2.75, 3.05) is 12.4 Å². The molecule has 0 unspecified atom stereocenters.